The molecule has 19 heavy (non-hydrogen) atoms. The van der Waals surface area contributed by atoms with E-state index in [4.69, 9.17) is 0 Å². The molecular formula is C14H14N4S. The Morgan fingerprint density at radius 3 is 2.58 bits per heavy atom. The second kappa shape index (κ2) is 4.85. The van der Waals surface area contributed by atoms with Crippen LogP contribution in [0.3, 0.4) is 0 Å². The minimum absolute atomic E-state index is 0.629. The molecule has 2 heterocycles. The number of rotatable bonds is 3. The number of aryl methyl sites for hydroxylation is 1. The van der Waals surface area contributed by atoms with Gasteiger partial charge in [0.25, 0.3) is 0 Å². The number of nitrogens with zero attached hydrogens (tertiary/aromatic N) is 2. The molecule has 0 amide bonds. The molecule has 1 aromatic carbocycles. The fourth-order valence-electron chi connectivity index (χ4n) is 1.84. The Morgan fingerprint density at radius 2 is 1.84 bits per heavy atom. The topological polar surface area (TPSA) is 49.8 Å². The van der Waals surface area contributed by atoms with Gasteiger partial charge >= 0.3 is 0 Å². The van der Waals surface area contributed by atoms with Gasteiger partial charge in [0, 0.05) is 12.7 Å². The first-order valence-electron chi connectivity index (χ1n) is 6.03. The molecule has 0 spiro atoms. The van der Waals surface area contributed by atoms with E-state index in [1.165, 1.54) is 5.56 Å². The highest BCUT2D eigenvalue weighted by atomic mass is 32.1. The highest BCUT2D eigenvalue weighted by molar-refractivity contribution is 7.16. The van der Waals surface area contributed by atoms with Gasteiger partial charge in [-0.05, 0) is 30.5 Å². The Kier molecular flexibility index (Phi) is 3.05. The molecule has 4 nitrogen and oxygen atoms in total. The van der Waals surface area contributed by atoms with Gasteiger partial charge in [-0.25, -0.2) is 4.98 Å². The van der Waals surface area contributed by atoms with Gasteiger partial charge in [-0.15, -0.1) is 11.3 Å². The van der Waals surface area contributed by atoms with Crippen LogP contribution in [0.4, 0.5) is 17.5 Å². The summed E-state index contributed by atoms with van der Waals surface area (Å²) in [5.74, 6) is 1.46. The number of thiophene rings is 1. The van der Waals surface area contributed by atoms with Crippen molar-refractivity contribution in [3.05, 3.63) is 41.3 Å². The summed E-state index contributed by atoms with van der Waals surface area (Å²) < 4.78 is 0. The fourth-order valence-corrected chi connectivity index (χ4v) is 2.60. The summed E-state index contributed by atoms with van der Waals surface area (Å²) in [6.07, 6.45) is 0. The van der Waals surface area contributed by atoms with Gasteiger partial charge in [-0.1, -0.05) is 17.7 Å². The molecule has 0 saturated heterocycles. The predicted molar refractivity (Wildman–Crippen MR) is 81.4 cm³/mol. The van der Waals surface area contributed by atoms with Crippen LogP contribution in [0.5, 0.6) is 0 Å². The molecule has 3 aromatic rings. The van der Waals surface area contributed by atoms with Crippen molar-refractivity contribution in [2.75, 3.05) is 17.7 Å². The third kappa shape index (κ3) is 2.37. The first kappa shape index (κ1) is 11.9. The van der Waals surface area contributed by atoms with Gasteiger partial charge in [0.15, 0.2) is 0 Å². The lowest BCUT2D eigenvalue weighted by molar-refractivity contribution is 1.20. The van der Waals surface area contributed by atoms with E-state index in [2.05, 4.69) is 51.8 Å². The summed E-state index contributed by atoms with van der Waals surface area (Å²) >= 11 is 1.61. The summed E-state index contributed by atoms with van der Waals surface area (Å²) in [5, 5.41) is 9.41. The molecule has 0 aliphatic heterocycles. The molecule has 0 bridgehead atoms. The Labute approximate surface area is 115 Å². The van der Waals surface area contributed by atoms with Crippen molar-refractivity contribution >= 4 is 39.0 Å². The maximum atomic E-state index is 4.48. The minimum atomic E-state index is 0.629. The summed E-state index contributed by atoms with van der Waals surface area (Å²) in [6.45, 7) is 2.07. The monoisotopic (exact) mass is 270 g/mol. The van der Waals surface area contributed by atoms with Crippen molar-refractivity contribution in [2.45, 2.75) is 6.92 Å². The van der Waals surface area contributed by atoms with Crippen molar-refractivity contribution < 1.29 is 0 Å². The number of hydrogen-bond donors (Lipinski definition) is 2. The number of fused-ring (bicyclic) bond motifs is 1. The van der Waals surface area contributed by atoms with Crippen LogP contribution < -0.4 is 10.6 Å². The molecule has 0 fully saturated rings. The molecule has 0 aliphatic carbocycles. The molecule has 2 N–H and O–H groups in total. The Balaban J connectivity index is 2.03. The third-order valence-electron chi connectivity index (χ3n) is 2.86. The highest BCUT2D eigenvalue weighted by Crippen LogP contribution is 2.28. The zero-order valence-corrected chi connectivity index (χ0v) is 11.6. The Hall–Kier alpha value is -2.14. The van der Waals surface area contributed by atoms with Crippen LogP contribution in [0.15, 0.2) is 35.7 Å². The van der Waals surface area contributed by atoms with Crippen LogP contribution >= 0.6 is 11.3 Å². The van der Waals surface area contributed by atoms with E-state index in [1.807, 2.05) is 18.5 Å². The average Bonchev–Trinajstić information content (AvgIpc) is 2.89. The largest absolute Gasteiger partial charge is 0.357 e. The molecule has 5 heteroatoms. The molecule has 0 unspecified atom stereocenters. The van der Waals surface area contributed by atoms with Crippen molar-refractivity contribution in [1.29, 1.82) is 0 Å². The maximum Gasteiger partial charge on any atom is 0.225 e. The quantitative estimate of drug-likeness (QED) is 0.760. The fraction of sp³-hybridized carbons (Fsp3) is 0.143. The van der Waals surface area contributed by atoms with Gasteiger partial charge in [0.1, 0.15) is 10.6 Å². The predicted octanol–water partition coefficient (Wildman–Crippen LogP) is 3.79. The lowest BCUT2D eigenvalue weighted by Gasteiger charge is -2.08. The lowest BCUT2D eigenvalue weighted by Crippen LogP contribution is -2.00. The van der Waals surface area contributed by atoms with E-state index in [9.17, 15) is 0 Å². The van der Waals surface area contributed by atoms with E-state index in [0.717, 1.165) is 21.7 Å². The number of hydrogen-bond acceptors (Lipinski definition) is 5. The van der Waals surface area contributed by atoms with Gasteiger partial charge < -0.3 is 10.6 Å². The van der Waals surface area contributed by atoms with Crippen LogP contribution in [0.25, 0.3) is 10.2 Å². The zero-order chi connectivity index (χ0) is 13.2. The van der Waals surface area contributed by atoms with Crippen LogP contribution in [-0.2, 0) is 0 Å². The van der Waals surface area contributed by atoms with Crippen LogP contribution in [-0.4, -0.2) is 17.0 Å². The van der Waals surface area contributed by atoms with Crippen molar-refractivity contribution in [2.24, 2.45) is 0 Å². The second-order valence-electron chi connectivity index (χ2n) is 4.28. The average molecular weight is 270 g/mol. The normalized spacial score (nSPS) is 10.6. The number of aromatic nitrogens is 2. The first-order valence-corrected chi connectivity index (χ1v) is 6.91. The maximum absolute atomic E-state index is 4.48. The van der Waals surface area contributed by atoms with Crippen molar-refractivity contribution in [3.63, 3.8) is 0 Å². The third-order valence-corrected chi connectivity index (χ3v) is 3.67. The van der Waals surface area contributed by atoms with Crippen LogP contribution in [0.1, 0.15) is 5.56 Å². The SMILES string of the molecule is CNc1nc(Nc2ccc(C)cc2)c2ccsc2n1. The standard InChI is InChI=1S/C14H14N4S/c1-9-3-5-10(6-4-9)16-12-11-7-8-19-13(11)18-14(15-2)17-12/h3-8H,1-2H3,(H2,15,16,17,18). The molecule has 0 atom stereocenters. The van der Waals surface area contributed by atoms with E-state index in [1.54, 1.807) is 11.3 Å². The lowest BCUT2D eigenvalue weighted by atomic mass is 10.2. The van der Waals surface area contributed by atoms with E-state index < -0.39 is 0 Å². The van der Waals surface area contributed by atoms with Gasteiger partial charge in [0.05, 0.1) is 5.39 Å². The molecule has 2 aromatic heterocycles. The summed E-state index contributed by atoms with van der Waals surface area (Å²) in [4.78, 5) is 9.89. The van der Waals surface area contributed by atoms with E-state index in [-0.39, 0.29) is 0 Å². The van der Waals surface area contributed by atoms with Crippen LogP contribution in [0, 0.1) is 6.92 Å². The molecule has 0 aliphatic rings. The molecule has 96 valence electrons. The minimum Gasteiger partial charge on any atom is -0.357 e. The molecule has 3 rings (SSSR count). The number of anilines is 3. The number of benzene rings is 1. The summed E-state index contributed by atoms with van der Waals surface area (Å²) in [6, 6.07) is 10.3. The zero-order valence-electron chi connectivity index (χ0n) is 10.8. The Morgan fingerprint density at radius 1 is 1.05 bits per heavy atom. The molecule has 0 radical (unpaired) electrons. The Bertz CT molecular complexity index is 703. The summed E-state index contributed by atoms with van der Waals surface area (Å²) in [5.41, 5.74) is 2.27. The van der Waals surface area contributed by atoms with Gasteiger partial charge in [0.2, 0.25) is 5.95 Å². The van der Waals surface area contributed by atoms with Gasteiger partial charge in [-0.2, -0.15) is 4.98 Å². The van der Waals surface area contributed by atoms with Gasteiger partial charge in [-0.3, -0.25) is 0 Å². The number of nitrogens with one attached hydrogen (secondary N) is 2. The smallest absolute Gasteiger partial charge is 0.225 e. The van der Waals surface area contributed by atoms with Crippen molar-refractivity contribution in [1.82, 2.24) is 9.97 Å². The molecular weight excluding hydrogens is 256 g/mol. The van der Waals surface area contributed by atoms with E-state index in [0.29, 0.717) is 5.95 Å². The summed E-state index contributed by atoms with van der Waals surface area (Å²) in [7, 11) is 1.82. The first-order chi connectivity index (χ1) is 9.26. The van der Waals surface area contributed by atoms with Crippen molar-refractivity contribution in [3.8, 4) is 0 Å². The molecule has 0 saturated carbocycles. The van der Waals surface area contributed by atoms with E-state index >= 15 is 0 Å². The second-order valence-corrected chi connectivity index (χ2v) is 5.17. The van der Waals surface area contributed by atoms with Crippen LogP contribution in [0.2, 0.25) is 0 Å². The highest BCUT2D eigenvalue weighted by Gasteiger charge is 2.08.